The Morgan fingerprint density at radius 3 is 2.29 bits per heavy atom. The van der Waals surface area contributed by atoms with E-state index in [0.29, 0.717) is 5.69 Å². The van der Waals surface area contributed by atoms with E-state index >= 15 is 0 Å². The van der Waals surface area contributed by atoms with E-state index < -0.39 is 18.6 Å². The molecular weight excluding hydrogens is 279 g/mol. The summed E-state index contributed by atoms with van der Waals surface area (Å²) < 4.78 is 37.4. The number of hydrogen-bond donors (Lipinski definition) is 1. The van der Waals surface area contributed by atoms with E-state index in [0.717, 1.165) is 18.8 Å². The van der Waals surface area contributed by atoms with Crippen LogP contribution in [0.25, 0.3) is 0 Å². The van der Waals surface area contributed by atoms with Crippen molar-refractivity contribution in [2.24, 2.45) is 5.92 Å². The normalized spacial score (nSPS) is 17.1. The first-order valence-electron chi connectivity index (χ1n) is 7.06. The van der Waals surface area contributed by atoms with Gasteiger partial charge in [-0.1, -0.05) is 0 Å². The molecule has 1 atom stereocenters. The zero-order valence-electron chi connectivity index (χ0n) is 11.7. The number of nitrogens with one attached hydrogen (secondary N) is 1. The third-order valence-electron chi connectivity index (χ3n) is 3.65. The highest BCUT2D eigenvalue weighted by Gasteiger charge is 2.39. The summed E-state index contributed by atoms with van der Waals surface area (Å²) in [6, 6.07) is 8.61. The van der Waals surface area contributed by atoms with E-state index in [2.05, 4.69) is 10.2 Å². The number of nitrogens with zero attached hydrogens (tertiary/aromatic N) is 2. The van der Waals surface area contributed by atoms with Crippen LogP contribution in [0.3, 0.4) is 0 Å². The van der Waals surface area contributed by atoms with E-state index in [1.807, 2.05) is 12.1 Å². The zero-order chi connectivity index (χ0) is 15.3. The minimum Gasteiger partial charge on any atom is -0.383 e. The molecule has 1 aromatic rings. The topological polar surface area (TPSA) is 39.1 Å². The van der Waals surface area contributed by atoms with Gasteiger partial charge in [0, 0.05) is 31.0 Å². The number of benzene rings is 1. The molecule has 0 spiro atoms. The second-order valence-electron chi connectivity index (χ2n) is 5.20. The zero-order valence-corrected chi connectivity index (χ0v) is 11.7. The van der Waals surface area contributed by atoms with Crippen LogP contribution in [0.5, 0.6) is 0 Å². The molecule has 1 aliphatic rings. The molecule has 2 rings (SSSR count). The molecule has 0 radical (unpaired) electrons. The summed E-state index contributed by atoms with van der Waals surface area (Å²) in [5, 5.41) is 11.2. The van der Waals surface area contributed by atoms with Crippen LogP contribution in [0, 0.1) is 17.2 Å². The van der Waals surface area contributed by atoms with Crippen molar-refractivity contribution in [3.8, 4) is 6.07 Å². The van der Waals surface area contributed by atoms with Crippen molar-refractivity contribution in [1.82, 2.24) is 0 Å². The van der Waals surface area contributed by atoms with Crippen LogP contribution in [0.15, 0.2) is 24.3 Å². The summed E-state index contributed by atoms with van der Waals surface area (Å²) in [4.78, 5) is 2.28. The van der Waals surface area contributed by atoms with Gasteiger partial charge in [0.1, 0.15) is 0 Å². The Balaban J connectivity index is 1.92. The number of rotatable bonds is 4. The smallest absolute Gasteiger partial charge is 0.383 e. The second-order valence-corrected chi connectivity index (χ2v) is 5.20. The highest BCUT2D eigenvalue weighted by Crippen LogP contribution is 2.26. The highest BCUT2D eigenvalue weighted by molar-refractivity contribution is 5.55. The Bertz CT molecular complexity index is 484. The molecule has 1 unspecified atom stereocenters. The molecule has 0 bridgehead atoms. The largest absolute Gasteiger partial charge is 0.406 e. The van der Waals surface area contributed by atoms with E-state index in [4.69, 9.17) is 5.26 Å². The third-order valence-corrected chi connectivity index (χ3v) is 3.65. The number of halogens is 3. The van der Waals surface area contributed by atoms with Crippen molar-refractivity contribution in [1.29, 1.82) is 5.26 Å². The molecule has 1 saturated heterocycles. The predicted octanol–water partition coefficient (Wildman–Crippen LogP) is 3.79. The van der Waals surface area contributed by atoms with Gasteiger partial charge in [0.15, 0.2) is 5.92 Å². The highest BCUT2D eigenvalue weighted by atomic mass is 19.4. The first-order valence-corrected chi connectivity index (χ1v) is 7.06. The molecule has 0 aliphatic carbocycles. The Morgan fingerprint density at radius 1 is 1.14 bits per heavy atom. The Labute approximate surface area is 122 Å². The molecular formula is C15H18F3N3. The van der Waals surface area contributed by atoms with E-state index in [1.165, 1.54) is 25.3 Å². The van der Waals surface area contributed by atoms with Gasteiger partial charge < -0.3 is 10.2 Å². The minimum atomic E-state index is -4.49. The van der Waals surface area contributed by atoms with Gasteiger partial charge in [0.05, 0.1) is 6.07 Å². The van der Waals surface area contributed by atoms with E-state index in [-0.39, 0.29) is 0 Å². The lowest BCUT2D eigenvalue weighted by atomic mass is 10.1. The first-order chi connectivity index (χ1) is 10.0. The average molecular weight is 297 g/mol. The summed E-state index contributed by atoms with van der Waals surface area (Å²) in [5.74, 6) is -1.99. The molecule has 1 heterocycles. The van der Waals surface area contributed by atoms with Gasteiger partial charge in [0.25, 0.3) is 0 Å². The summed E-state index contributed by atoms with van der Waals surface area (Å²) in [7, 11) is 0. The molecule has 1 aliphatic heterocycles. The molecule has 21 heavy (non-hydrogen) atoms. The van der Waals surface area contributed by atoms with Gasteiger partial charge in [-0.25, -0.2) is 0 Å². The maximum absolute atomic E-state index is 12.5. The quantitative estimate of drug-likeness (QED) is 0.919. The van der Waals surface area contributed by atoms with E-state index in [9.17, 15) is 13.2 Å². The average Bonchev–Trinajstić information content (AvgIpc) is 2.48. The number of alkyl halides is 3. The summed E-state index contributed by atoms with van der Waals surface area (Å²) in [5.41, 5.74) is 1.69. The van der Waals surface area contributed by atoms with Crippen molar-refractivity contribution in [3.05, 3.63) is 24.3 Å². The van der Waals surface area contributed by atoms with Crippen LogP contribution >= 0.6 is 0 Å². The van der Waals surface area contributed by atoms with Gasteiger partial charge >= 0.3 is 6.18 Å². The van der Waals surface area contributed by atoms with E-state index in [1.54, 1.807) is 12.1 Å². The third kappa shape index (κ3) is 4.28. The van der Waals surface area contributed by atoms with Crippen LogP contribution in [0.2, 0.25) is 0 Å². The molecule has 0 amide bonds. The molecule has 1 fully saturated rings. The first kappa shape index (κ1) is 15.5. The van der Waals surface area contributed by atoms with Gasteiger partial charge in [-0.3, -0.25) is 0 Å². The molecule has 114 valence electrons. The summed E-state index contributed by atoms with van der Waals surface area (Å²) in [6.45, 7) is 1.62. The summed E-state index contributed by atoms with van der Waals surface area (Å²) in [6.07, 6.45) is -0.885. The van der Waals surface area contributed by atoms with Crippen molar-refractivity contribution in [2.75, 3.05) is 29.9 Å². The molecule has 0 aromatic heterocycles. The number of piperidine rings is 1. The molecule has 1 N–H and O–H groups in total. The number of hydrogen-bond acceptors (Lipinski definition) is 3. The molecule has 3 nitrogen and oxygen atoms in total. The fraction of sp³-hybridized carbons (Fsp3) is 0.533. The lowest BCUT2D eigenvalue weighted by Crippen LogP contribution is -2.29. The number of anilines is 2. The number of nitriles is 1. The van der Waals surface area contributed by atoms with Crippen LogP contribution in [-0.2, 0) is 0 Å². The van der Waals surface area contributed by atoms with Crippen LogP contribution < -0.4 is 10.2 Å². The Kier molecular flexibility index (Phi) is 4.94. The van der Waals surface area contributed by atoms with Gasteiger partial charge in [-0.15, -0.1) is 0 Å². The van der Waals surface area contributed by atoms with Gasteiger partial charge in [0.2, 0.25) is 0 Å². The maximum Gasteiger partial charge on any atom is 0.406 e. The van der Waals surface area contributed by atoms with Crippen molar-refractivity contribution < 1.29 is 13.2 Å². The van der Waals surface area contributed by atoms with Crippen molar-refractivity contribution in [2.45, 2.75) is 25.4 Å². The predicted molar refractivity (Wildman–Crippen MR) is 76.2 cm³/mol. The van der Waals surface area contributed by atoms with Crippen LogP contribution in [-0.4, -0.2) is 25.8 Å². The van der Waals surface area contributed by atoms with Gasteiger partial charge in [-0.2, -0.15) is 18.4 Å². The van der Waals surface area contributed by atoms with Crippen molar-refractivity contribution in [3.63, 3.8) is 0 Å². The Hall–Kier alpha value is -1.90. The Morgan fingerprint density at radius 2 is 1.76 bits per heavy atom. The fourth-order valence-corrected chi connectivity index (χ4v) is 2.40. The monoisotopic (exact) mass is 297 g/mol. The molecule has 6 heteroatoms. The molecule has 0 saturated carbocycles. The van der Waals surface area contributed by atoms with Crippen molar-refractivity contribution >= 4 is 11.4 Å². The molecule has 1 aromatic carbocycles. The lowest BCUT2D eigenvalue weighted by molar-refractivity contribution is -0.155. The lowest BCUT2D eigenvalue weighted by Gasteiger charge is -2.29. The van der Waals surface area contributed by atoms with Crippen LogP contribution in [0.4, 0.5) is 24.5 Å². The standard InChI is InChI=1S/C15H18F3N3/c16-15(17,18)12(10-19)11-20-13-4-6-14(7-5-13)21-8-2-1-3-9-21/h4-7,12,20H,1-3,8-9,11H2. The van der Waals surface area contributed by atoms with Gasteiger partial charge in [-0.05, 0) is 43.5 Å². The minimum absolute atomic E-state index is 0.428. The van der Waals surface area contributed by atoms with Crippen LogP contribution in [0.1, 0.15) is 19.3 Å². The fourth-order valence-electron chi connectivity index (χ4n) is 2.40. The summed E-state index contributed by atoms with van der Waals surface area (Å²) >= 11 is 0. The second kappa shape index (κ2) is 6.70. The SMILES string of the molecule is N#CC(CNc1ccc(N2CCCCC2)cc1)C(F)(F)F. The maximum atomic E-state index is 12.5.